The number of nitrogens with zero attached hydrogens (tertiary/aromatic N) is 1. The molecule has 2 unspecified atom stereocenters. The summed E-state index contributed by atoms with van der Waals surface area (Å²) in [5.74, 6) is -0.698. The van der Waals surface area contributed by atoms with Crippen LogP contribution in [0.3, 0.4) is 0 Å². The predicted octanol–water partition coefficient (Wildman–Crippen LogP) is 2.77. The Morgan fingerprint density at radius 2 is 2.25 bits per heavy atom. The molecule has 0 spiro atoms. The number of carbonyl (C=O) groups is 1. The van der Waals surface area contributed by atoms with Gasteiger partial charge in [0.2, 0.25) is 0 Å². The van der Waals surface area contributed by atoms with Crippen LogP contribution in [-0.4, -0.2) is 37.3 Å². The summed E-state index contributed by atoms with van der Waals surface area (Å²) in [5.41, 5.74) is -0.675. The first-order chi connectivity index (χ1) is 11.5. The molecule has 0 radical (unpaired) electrons. The van der Waals surface area contributed by atoms with Crippen LogP contribution in [0.5, 0.6) is 0 Å². The second kappa shape index (κ2) is 6.94. The van der Waals surface area contributed by atoms with E-state index in [1.54, 1.807) is 0 Å². The molecule has 2 atom stereocenters. The smallest absolute Gasteiger partial charge is 0.351 e. The Morgan fingerprint density at radius 3 is 3.00 bits per heavy atom. The maximum Gasteiger partial charge on any atom is 0.351 e. The van der Waals surface area contributed by atoms with Crippen LogP contribution in [0.15, 0.2) is 21.3 Å². The van der Waals surface area contributed by atoms with Crippen LogP contribution in [0.4, 0.5) is 5.00 Å². The number of carboxylic acids is 1. The van der Waals surface area contributed by atoms with Gasteiger partial charge in [0.05, 0.1) is 9.70 Å². The number of rotatable bonds is 4. The third-order valence-electron chi connectivity index (χ3n) is 4.87. The van der Waals surface area contributed by atoms with Gasteiger partial charge in [0.25, 0.3) is 0 Å². The zero-order valence-electron chi connectivity index (χ0n) is 13.9. The van der Waals surface area contributed by atoms with E-state index in [0.717, 1.165) is 18.1 Å². The number of nitrogens with one attached hydrogen (secondary N) is 1. The van der Waals surface area contributed by atoms with Crippen LogP contribution < -0.4 is 15.8 Å². The fourth-order valence-electron chi connectivity index (χ4n) is 3.20. The number of hydrogen-bond donors (Lipinski definition) is 2. The lowest BCUT2D eigenvalue weighted by Crippen LogP contribution is -2.39. The molecule has 0 aromatic carbocycles. The average molecular weight is 350 g/mol. The first-order valence-electron chi connectivity index (χ1n) is 8.22. The fraction of sp³-hybridized carbons (Fsp3) is 0.529. The van der Waals surface area contributed by atoms with Gasteiger partial charge >= 0.3 is 11.6 Å². The average Bonchev–Trinajstić information content (AvgIpc) is 2.77. The summed E-state index contributed by atoms with van der Waals surface area (Å²) < 4.78 is 5.85. The highest BCUT2D eigenvalue weighted by atomic mass is 32.1. The largest absolute Gasteiger partial charge is 0.477 e. The van der Waals surface area contributed by atoms with Gasteiger partial charge in [0.1, 0.15) is 5.56 Å². The Morgan fingerprint density at radius 1 is 1.46 bits per heavy atom. The summed E-state index contributed by atoms with van der Waals surface area (Å²) in [5, 5.41) is 13.5. The zero-order chi connectivity index (χ0) is 17.3. The maximum absolute atomic E-state index is 11.7. The van der Waals surface area contributed by atoms with Crippen LogP contribution in [0.2, 0.25) is 0 Å². The summed E-state index contributed by atoms with van der Waals surface area (Å²) in [6, 6.07) is 3.58. The van der Waals surface area contributed by atoms with Crippen molar-refractivity contribution < 1.29 is 14.3 Å². The highest BCUT2D eigenvalue weighted by Gasteiger charge is 2.24. The van der Waals surface area contributed by atoms with E-state index in [1.807, 2.05) is 13.1 Å². The normalized spacial score (nSPS) is 19.8. The first kappa shape index (κ1) is 17.0. The molecule has 1 fully saturated rings. The van der Waals surface area contributed by atoms with Crippen molar-refractivity contribution in [2.45, 2.75) is 32.2 Å². The molecule has 0 amide bonds. The van der Waals surface area contributed by atoms with Gasteiger partial charge in [-0.3, -0.25) is 0 Å². The molecule has 0 bridgehead atoms. The Kier molecular flexibility index (Phi) is 4.91. The van der Waals surface area contributed by atoms with E-state index in [0.29, 0.717) is 22.2 Å². The van der Waals surface area contributed by atoms with Crippen molar-refractivity contribution >= 4 is 32.6 Å². The van der Waals surface area contributed by atoms with Crippen LogP contribution in [0.25, 0.3) is 10.3 Å². The van der Waals surface area contributed by atoms with Gasteiger partial charge < -0.3 is 19.7 Å². The van der Waals surface area contributed by atoms with Crippen molar-refractivity contribution in [3.63, 3.8) is 0 Å². The summed E-state index contributed by atoms with van der Waals surface area (Å²) in [6.07, 6.45) is 3.65. The number of carboxylic acid groups (broad SMARTS) is 1. The van der Waals surface area contributed by atoms with Crippen molar-refractivity contribution in [1.82, 2.24) is 5.32 Å². The topological polar surface area (TPSA) is 82.8 Å². The number of aromatic carboxylic acids is 1. The molecule has 1 aliphatic rings. The zero-order valence-corrected chi connectivity index (χ0v) is 14.7. The van der Waals surface area contributed by atoms with E-state index >= 15 is 0 Å². The standard InChI is InChI=1S/C17H22N2O4S/c1-10(11-5-3-4-6-18-9-11)19(2)15-8-13-14(24-15)7-12(16(20)21)17(22)23-13/h7-8,10-11,18H,3-6,9H2,1-2H3,(H,20,21). The minimum Gasteiger partial charge on any atom is -0.477 e. The summed E-state index contributed by atoms with van der Waals surface area (Å²) in [4.78, 5) is 25.0. The van der Waals surface area contributed by atoms with Crippen LogP contribution >= 0.6 is 11.3 Å². The number of thiophene rings is 1. The van der Waals surface area contributed by atoms with Gasteiger partial charge in [-0.05, 0) is 44.8 Å². The third kappa shape index (κ3) is 3.32. The molecule has 3 rings (SSSR count). The highest BCUT2D eigenvalue weighted by Crippen LogP contribution is 2.34. The van der Waals surface area contributed by atoms with E-state index in [-0.39, 0.29) is 5.56 Å². The molecule has 3 heterocycles. The van der Waals surface area contributed by atoms with Crippen molar-refractivity contribution in [3.05, 3.63) is 28.1 Å². The molecular weight excluding hydrogens is 328 g/mol. The molecule has 24 heavy (non-hydrogen) atoms. The lowest BCUT2D eigenvalue weighted by Gasteiger charge is -2.32. The molecule has 1 aliphatic heterocycles. The molecule has 2 aromatic rings. The summed E-state index contributed by atoms with van der Waals surface area (Å²) in [6.45, 7) is 4.30. The van der Waals surface area contributed by atoms with Crippen LogP contribution in [-0.2, 0) is 0 Å². The van der Waals surface area contributed by atoms with Crippen molar-refractivity contribution in [1.29, 1.82) is 0 Å². The molecule has 2 aromatic heterocycles. The van der Waals surface area contributed by atoms with E-state index in [2.05, 4.69) is 17.1 Å². The van der Waals surface area contributed by atoms with Gasteiger partial charge in [0.15, 0.2) is 5.58 Å². The minimum absolute atomic E-state index is 0.320. The Labute approximate surface area is 144 Å². The fourth-order valence-corrected chi connectivity index (χ4v) is 4.28. The Bertz CT molecular complexity index is 789. The molecule has 1 saturated heterocycles. The number of anilines is 1. The Balaban J connectivity index is 1.87. The third-order valence-corrected chi connectivity index (χ3v) is 6.02. The van der Waals surface area contributed by atoms with Crippen molar-refractivity contribution in [2.75, 3.05) is 25.0 Å². The summed E-state index contributed by atoms with van der Waals surface area (Å²) in [7, 11) is 2.04. The Hall–Kier alpha value is -1.86. The van der Waals surface area contributed by atoms with E-state index in [4.69, 9.17) is 9.52 Å². The van der Waals surface area contributed by atoms with Gasteiger partial charge in [-0.1, -0.05) is 6.42 Å². The number of fused-ring (bicyclic) bond motifs is 1. The molecule has 130 valence electrons. The minimum atomic E-state index is -1.26. The van der Waals surface area contributed by atoms with Crippen LogP contribution in [0, 0.1) is 5.92 Å². The lowest BCUT2D eigenvalue weighted by molar-refractivity contribution is 0.0692. The quantitative estimate of drug-likeness (QED) is 0.882. The predicted molar refractivity (Wildman–Crippen MR) is 95.4 cm³/mol. The second-order valence-electron chi connectivity index (χ2n) is 6.38. The highest BCUT2D eigenvalue weighted by molar-refractivity contribution is 7.22. The van der Waals surface area contributed by atoms with Crippen molar-refractivity contribution in [3.8, 4) is 0 Å². The van der Waals surface area contributed by atoms with Gasteiger partial charge in [-0.2, -0.15) is 0 Å². The molecule has 6 nitrogen and oxygen atoms in total. The molecule has 2 N–H and O–H groups in total. The molecule has 7 heteroatoms. The molecular formula is C17H22N2O4S. The SMILES string of the molecule is CC(C1CCCCNC1)N(C)c1cc2oc(=O)c(C(=O)O)cc2s1. The van der Waals surface area contributed by atoms with Gasteiger partial charge in [0, 0.05) is 19.2 Å². The first-order valence-corrected chi connectivity index (χ1v) is 9.03. The van der Waals surface area contributed by atoms with E-state index < -0.39 is 11.6 Å². The second-order valence-corrected chi connectivity index (χ2v) is 7.44. The molecule has 0 aliphatic carbocycles. The van der Waals surface area contributed by atoms with Crippen molar-refractivity contribution in [2.24, 2.45) is 5.92 Å². The number of hydrogen-bond acceptors (Lipinski definition) is 6. The van der Waals surface area contributed by atoms with E-state index in [9.17, 15) is 9.59 Å². The van der Waals surface area contributed by atoms with Gasteiger partial charge in [-0.25, -0.2) is 9.59 Å². The maximum atomic E-state index is 11.7. The monoisotopic (exact) mass is 350 g/mol. The van der Waals surface area contributed by atoms with E-state index in [1.165, 1.54) is 36.7 Å². The van der Waals surface area contributed by atoms with Crippen LogP contribution in [0.1, 0.15) is 36.5 Å². The molecule has 0 saturated carbocycles. The summed E-state index contributed by atoms with van der Waals surface area (Å²) >= 11 is 1.45. The van der Waals surface area contributed by atoms with Gasteiger partial charge in [-0.15, -0.1) is 11.3 Å². The lowest BCUT2D eigenvalue weighted by atomic mass is 9.95.